The van der Waals surface area contributed by atoms with Gasteiger partial charge in [0.25, 0.3) is 0 Å². The molecular formula is C18H21N5. The molecule has 2 heterocycles. The Kier molecular flexibility index (Phi) is 3.48. The number of rotatable bonds is 3. The van der Waals surface area contributed by atoms with E-state index in [-0.39, 0.29) is 0 Å². The standard InChI is InChI=1S/C18H21N5/c1-11(2)12-3-5-15-14(7-12)18(22-10-19-15)23-13-4-6-16-17(8-13)21-9-20-16/h3,5,7,9-11,13H,4,6,8H2,1-2H3,(H,20,21)(H,19,22,23). The number of imidazole rings is 1. The lowest BCUT2D eigenvalue weighted by Crippen LogP contribution is -2.28. The van der Waals surface area contributed by atoms with Gasteiger partial charge in [-0.25, -0.2) is 15.0 Å². The molecule has 4 rings (SSSR count). The summed E-state index contributed by atoms with van der Waals surface area (Å²) in [7, 11) is 0. The molecule has 5 heteroatoms. The molecule has 0 amide bonds. The summed E-state index contributed by atoms with van der Waals surface area (Å²) < 4.78 is 0. The van der Waals surface area contributed by atoms with Gasteiger partial charge in [-0.2, -0.15) is 0 Å². The van der Waals surface area contributed by atoms with Gasteiger partial charge in [0, 0.05) is 23.5 Å². The van der Waals surface area contributed by atoms with Gasteiger partial charge in [0.15, 0.2) is 0 Å². The van der Waals surface area contributed by atoms with Crippen molar-refractivity contribution in [3.05, 3.63) is 47.8 Å². The molecule has 0 saturated heterocycles. The number of aromatic nitrogens is 4. The van der Waals surface area contributed by atoms with Gasteiger partial charge in [-0.15, -0.1) is 0 Å². The van der Waals surface area contributed by atoms with Crippen LogP contribution in [-0.2, 0) is 12.8 Å². The topological polar surface area (TPSA) is 66.5 Å². The lowest BCUT2D eigenvalue weighted by atomic mass is 9.96. The number of H-pyrrole nitrogens is 1. The van der Waals surface area contributed by atoms with E-state index in [1.54, 1.807) is 12.7 Å². The zero-order chi connectivity index (χ0) is 15.8. The highest BCUT2D eigenvalue weighted by molar-refractivity contribution is 5.89. The molecule has 23 heavy (non-hydrogen) atoms. The molecule has 1 atom stereocenters. The van der Waals surface area contributed by atoms with E-state index in [0.29, 0.717) is 12.0 Å². The summed E-state index contributed by atoms with van der Waals surface area (Å²) in [6.07, 6.45) is 6.49. The number of hydrogen-bond donors (Lipinski definition) is 2. The van der Waals surface area contributed by atoms with Gasteiger partial charge in [-0.3, -0.25) is 0 Å². The molecule has 118 valence electrons. The third-order valence-electron chi connectivity index (χ3n) is 4.65. The van der Waals surface area contributed by atoms with E-state index >= 15 is 0 Å². The number of aryl methyl sites for hydroxylation is 1. The molecule has 1 aliphatic carbocycles. The van der Waals surface area contributed by atoms with Gasteiger partial charge in [0.05, 0.1) is 17.5 Å². The summed E-state index contributed by atoms with van der Waals surface area (Å²) in [6.45, 7) is 4.41. The van der Waals surface area contributed by atoms with Gasteiger partial charge in [0.1, 0.15) is 12.1 Å². The first-order chi connectivity index (χ1) is 11.2. The van der Waals surface area contributed by atoms with Crippen molar-refractivity contribution in [1.82, 2.24) is 19.9 Å². The Morgan fingerprint density at radius 1 is 1.22 bits per heavy atom. The van der Waals surface area contributed by atoms with Crippen LogP contribution in [-0.4, -0.2) is 26.0 Å². The number of hydrogen-bond acceptors (Lipinski definition) is 4. The summed E-state index contributed by atoms with van der Waals surface area (Å²) in [5.74, 6) is 1.43. The summed E-state index contributed by atoms with van der Waals surface area (Å²) in [6, 6.07) is 6.84. The van der Waals surface area contributed by atoms with Crippen LogP contribution in [0.1, 0.15) is 43.1 Å². The largest absolute Gasteiger partial charge is 0.366 e. The highest BCUT2D eigenvalue weighted by Gasteiger charge is 2.21. The minimum absolute atomic E-state index is 0.378. The summed E-state index contributed by atoms with van der Waals surface area (Å²) in [5, 5.41) is 4.73. The molecule has 0 fully saturated rings. The smallest absolute Gasteiger partial charge is 0.137 e. The third-order valence-corrected chi connectivity index (χ3v) is 4.65. The zero-order valence-electron chi connectivity index (χ0n) is 13.5. The van der Waals surface area contributed by atoms with Crippen molar-refractivity contribution in [2.24, 2.45) is 0 Å². The second kappa shape index (κ2) is 5.65. The molecule has 0 aliphatic heterocycles. The molecule has 0 radical (unpaired) electrons. The molecule has 0 spiro atoms. The van der Waals surface area contributed by atoms with Crippen LogP contribution >= 0.6 is 0 Å². The molecule has 1 aliphatic rings. The quantitative estimate of drug-likeness (QED) is 0.778. The van der Waals surface area contributed by atoms with Gasteiger partial charge in [-0.1, -0.05) is 19.9 Å². The number of benzene rings is 1. The monoisotopic (exact) mass is 307 g/mol. The Balaban J connectivity index is 1.65. The second-order valence-corrected chi connectivity index (χ2v) is 6.57. The number of anilines is 1. The van der Waals surface area contributed by atoms with Crippen molar-refractivity contribution in [2.75, 3.05) is 5.32 Å². The van der Waals surface area contributed by atoms with Crippen LogP contribution in [0.5, 0.6) is 0 Å². The lowest BCUT2D eigenvalue weighted by molar-refractivity contribution is 0.596. The number of nitrogens with zero attached hydrogens (tertiary/aromatic N) is 3. The van der Waals surface area contributed by atoms with Crippen LogP contribution < -0.4 is 5.32 Å². The average Bonchev–Trinajstić information content (AvgIpc) is 3.02. The van der Waals surface area contributed by atoms with E-state index in [1.165, 1.54) is 17.0 Å². The zero-order valence-corrected chi connectivity index (χ0v) is 13.5. The lowest BCUT2D eigenvalue weighted by Gasteiger charge is -2.23. The first-order valence-corrected chi connectivity index (χ1v) is 8.23. The van der Waals surface area contributed by atoms with E-state index in [1.807, 2.05) is 0 Å². The van der Waals surface area contributed by atoms with Crippen molar-refractivity contribution in [3.8, 4) is 0 Å². The summed E-state index contributed by atoms with van der Waals surface area (Å²) >= 11 is 0. The first kappa shape index (κ1) is 14.2. The fourth-order valence-corrected chi connectivity index (χ4v) is 3.27. The van der Waals surface area contributed by atoms with Crippen molar-refractivity contribution < 1.29 is 0 Å². The molecule has 0 saturated carbocycles. The van der Waals surface area contributed by atoms with Crippen molar-refractivity contribution in [3.63, 3.8) is 0 Å². The maximum absolute atomic E-state index is 4.50. The van der Waals surface area contributed by atoms with E-state index in [0.717, 1.165) is 36.0 Å². The molecule has 5 nitrogen and oxygen atoms in total. The van der Waals surface area contributed by atoms with Gasteiger partial charge >= 0.3 is 0 Å². The minimum atomic E-state index is 0.378. The van der Waals surface area contributed by atoms with E-state index in [2.05, 4.69) is 57.3 Å². The first-order valence-electron chi connectivity index (χ1n) is 8.23. The highest BCUT2D eigenvalue weighted by Crippen LogP contribution is 2.27. The average molecular weight is 307 g/mol. The Bertz CT molecular complexity index is 836. The third kappa shape index (κ3) is 2.67. The van der Waals surface area contributed by atoms with Gasteiger partial charge in [0.2, 0.25) is 0 Å². The number of aromatic amines is 1. The Hall–Kier alpha value is -2.43. The number of fused-ring (bicyclic) bond motifs is 2. The van der Waals surface area contributed by atoms with Gasteiger partial charge < -0.3 is 10.3 Å². The molecule has 3 aromatic rings. The molecular weight excluding hydrogens is 286 g/mol. The maximum atomic E-state index is 4.50. The van der Waals surface area contributed by atoms with Crippen molar-refractivity contribution in [2.45, 2.75) is 45.1 Å². The minimum Gasteiger partial charge on any atom is -0.366 e. The van der Waals surface area contributed by atoms with Gasteiger partial charge in [-0.05, 0) is 36.5 Å². The van der Waals surface area contributed by atoms with E-state index < -0.39 is 0 Å². The number of nitrogens with one attached hydrogen (secondary N) is 2. The highest BCUT2D eigenvalue weighted by atomic mass is 15.0. The predicted molar refractivity (Wildman–Crippen MR) is 91.7 cm³/mol. The van der Waals surface area contributed by atoms with Crippen LogP contribution in [0.3, 0.4) is 0 Å². The fourth-order valence-electron chi connectivity index (χ4n) is 3.27. The predicted octanol–water partition coefficient (Wildman–Crippen LogP) is 3.45. The summed E-state index contributed by atoms with van der Waals surface area (Å²) in [4.78, 5) is 16.5. The van der Waals surface area contributed by atoms with Crippen LogP contribution in [0, 0.1) is 0 Å². The van der Waals surface area contributed by atoms with Crippen LogP contribution in [0.25, 0.3) is 10.9 Å². The molecule has 2 aromatic heterocycles. The van der Waals surface area contributed by atoms with Crippen LogP contribution in [0.15, 0.2) is 30.9 Å². The second-order valence-electron chi connectivity index (χ2n) is 6.57. The summed E-state index contributed by atoms with van der Waals surface area (Å²) in [5.41, 5.74) is 4.76. The molecule has 2 N–H and O–H groups in total. The molecule has 0 bridgehead atoms. The SMILES string of the molecule is CC(C)c1ccc2ncnc(NC3CCc4nc[nH]c4C3)c2c1. The normalized spacial score (nSPS) is 17.4. The van der Waals surface area contributed by atoms with Crippen molar-refractivity contribution in [1.29, 1.82) is 0 Å². The molecule has 1 aromatic carbocycles. The van der Waals surface area contributed by atoms with Crippen molar-refractivity contribution >= 4 is 16.7 Å². The van der Waals surface area contributed by atoms with Crippen LogP contribution in [0.4, 0.5) is 5.82 Å². The Morgan fingerprint density at radius 2 is 2.13 bits per heavy atom. The van der Waals surface area contributed by atoms with Crippen LogP contribution in [0.2, 0.25) is 0 Å². The maximum Gasteiger partial charge on any atom is 0.137 e. The Labute approximate surface area is 135 Å². The van der Waals surface area contributed by atoms with E-state index in [4.69, 9.17) is 0 Å². The van der Waals surface area contributed by atoms with E-state index in [9.17, 15) is 0 Å². The fraction of sp³-hybridized carbons (Fsp3) is 0.389. The Morgan fingerprint density at radius 3 is 3.00 bits per heavy atom. The molecule has 1 unspecified atom stereocenters.